The molecular weight excluding hydrogens is 450 g/mol. The van der Waals surface area contributed by atoms with E-state index >= 15 is 0 Å². The molecule has 0 N–H and O–H groups in total. The predicted molar refractivity (Wildman–Crippen MR) is 156 cm³/mol. The van der Waals surface area contributed by atoms with Crippen LogP contribution in [0.3, 0.4) is 0 Å². The van der Waals surface area contributed by atoms with Gasteiger partial charge in [-0.3, -0.25) is 4.98 Å². The van der Waals surface area contributed by atoms with E-state index in [9.17, 15) is 1.37 Å². The summed E-state index contributed by atoms with van der Waals surface area (Å²) in [6, 6.07) is 22.5. The summed E-state index contributed by atoms with van der Waals surface area (Å²) in [4.78, 5) is 4.51. The largest absolute Gasteiger partial charge is 0.455 e. The van der Waals surface area contributed by atoms with Gasteiger partial charge >= 0.3 is 0 Å². The molecule has 7 rings (SSSR count). The second-order valence-electron chi connectivity index (χ2n) is 11.3. The molecule has 1 aliphatic carbocycles. The Hall–Kier alpha value is -3.65. The van der Waals surface area contributed by atoms with E-state index in [1.807, 2.05) is 18.2 Å². The van der Waals surface area contributed by atoms with Gasteiger partial charge in [0.15, 0.2) is 0 Å². The third-order valence-electron chi connectivity index (χ3n) is 8.36. The van der Waals surface area contributed by atoms with E-state index in [0.29, 0.717) is 16.8 Å². The number of pyridine rings is 1. The highest BCUT2D eigenvalue weighted by molar-refractivity contribution is 6.24. The van der Waals surface area contributed by atoms with Crippen molar-refractivity contribution in [1.82, 2.24) is 4.98 Å². The summed E-state index contributed by atoms with van der Waals surface area (Å²) >= 11 is 0. The summed E-state index contributed by atoms with van der Waals surface area (Å²) in [6.45, 7) is 2.15. The van der Waals surface area contributed by atoms with Crippen LogP contribution in [0.15, 0.2) is 77.3 Å². The second-order valence-corrected chi connectivity index (χ2v) is 11.3. The minimum Gasteiger partial charge on any atom is -0.455 e. The molecule has 1 fully saturated rings. The third-order valence-corrected chi connectivity index (χ3v) is 8.36. The monoisotopic (exact) mass is 488 g/mol. The van der Waals surface area contributed by atoms with E-state index in [0.717, 1.165) is 74.7 Å². The number of rotatable bonds is 2. The van der Waals surface area contributed by atoms with Gasteiger partial charge in [-0.15, -0.1) is 0 Å². The van der Waals surface area contributed by atoms with Crippen molar-refractivity contribution in [3.05, 3.63) is 89.6 Å². The minimum absolute atomic E-state index is 0.111. The zero-order chi connectivity index (χ0) is 29.4. The average Bonchev–Trinajstić information content (AvgIpc) is 3.36. The van der Waals surface area contributed by atoms with Gasteiger partial charge in [-0.25, -0.2) is 0 Å². The van der Waals surface area contributed by atoms with Crippen molar-refractivity contribution in [3.63, 3.8) is 0 Å². The van der Waals surface area contributed by atoms with Crippen molar-refractivity contribution < 1.29 is 11.3 Å². The van der Waals surface area contributed by atoms with Crippen molar-refractivity contribution in [2.45, 2.75) is 59.2 Å². The topological polar surface area (TPSA) is 26.0 Å². The molecule has 2 nitrogen and oxygen atoms in total. The van der Waals surface area contributed by atoms with E-state index in [1.54, 1.807) is 6.07 Å². The van der Waals surface area contributed by atoms with Crippen LogP contribution in [-0.4, -0.2) is 4.98 Å². The van der Waals surface area contributed by atoms with Gasteiger partial charge in [-0.05, 0) is 102 Å². The molecule has 1 saturated carbocycles. The van der Waals surface area contributed by atoms with Gasteiger partial charge in [0.2, 0.25) is 0 Å². The quantitative estimate of drug-likeness (QED) is 0.227. The van der Waals surface area contributed by atoms with E-state index in [2.05, 4.69) is 61.3 Å². The number of aryl methyl sites for hydroxylation is 2. The first-order valence-electron chi connectivity index (χ1n) is 15.8. The van der Waals surface area contributed by atoms with E-state index in [1.165, 1.54) is 6.20 Å². The lowest BCUT2D eigenvalue weighted by molar-refractivity contribution is 0.225. The number of hydrogen-bond donors (Lipinski definition) is 0. The lowest BCUT2D eigenvalue weighted by Gasteiger charge is -2.35. The van der Waals surface area contributed by atoms with Gasteiger partial charge in [0.25, 0.3) is 0 Å². The molecule has 4 aromatic carbocycles. The van der Waals surface area contributed by atoms with Crippen LogP contribution in [0.2, 0.25) is 0 Å². The zero-order valence-corrected chi connectivity index (χ0v) is 21.3. The molecule has 0 bridgehead atoms. The molecule has 0 atom stereocenters. The molecule has 0 amide bonds. The SMILES string of the molecule is [2H]Cc1cc(-c2cccc3c2oc2c3ccc3ccc4c(C5([2H])CCC(C)(C)CC5)cccc4c32)ncc1C([2H])([2H])[2H]. The van der Waals surface area contributed by atoms with E-state index in [4.69, 9.17) is 9.90 Å². The van der Waals surface area contributed by atoms with Crippen molar-refractivity contribution in [1.29, 1.82) is 0 Å². The van der Waals surface area contributed by atoms with Gasteiger partial charge in [-0.1, -0.05) is 62.4 Å². The maximum atomic E-state index is 9.51. The molecule has 6 aromatic rings. The Balaban J connectivity index is 1.45. The molecule has 2 heteroatoms. The standard InChI is InChI=1S/C35H33NO/c1-21-19-31(36-20-22(21)2)30-10-6-9-28-29-14-12-24-11-13-26-25(23-15-17-35(3,4)18-16-23)7-5-8-27(26)32(24)34(29)37-33(28)30/h5-14,19-20,23H,15-18H2,1-4H3/i1D,2D3,23D. The van der Waals surface area contributed by atoms with Crippen molar-refractivity contribution >= 4 is 43.5 Å². The predicted octanol–water partition coefficient (Wildman–Crippen LogP) is 10.3. The Morgan fingerprint density at radius 3 is 2.43 bits per heavy atom. The van der Waals surface area contributed by atoms with Crippen molar-refractivity contribution in [3.8, 4) is 11.3 Å². The summed E-state index contributed by atoms with van der Waals surface area (Å²) < 4.78 is 47.7. The molecule has 0 saturated heterocycles. The van der Waals surface area contributed by atoms with Crippen molar-refractivity contribution in [2.24, 2.45) is 5.41 Å². The number of benzene rings is 4. The van der Waals surface area contributed by atoms with E-state index in [-0.39, 0.29) is 17.9 Å². The molecule has 184 valence electrons. The second kappa shape index (κ2) is 8.18. The van der Waals surface area contributed by atoms with Crippen LogP contribution in [0, 0.1) is 19.2 Å². The molecule has 0 unspecified atom stereocenters. The summed E-state index contributed by atoms with van der Waals surface area (Å²) in [7, 11) is 0. The highest BCUT2D eigenvalue weighted by Crippen LogP contribution is 2.46. The highest BCUT2D eigenvalue weighted by atomic mass is 16.3. The number of fused-ring (bicyclic) bond motifs is 7. The van der Waals surface area contributed by atoms with Gasteiger partial charge < -0.3 is 4.42 Å². The molecule has 2 heterocycles. The summed E-state index contributed by atoms with van der Waals surface area (Å²) in [5.74, 6) is -0.611. The Labute approximate surface area is 225 Å². The van der Waals surface area contributed by atoms with Crippen LogP contribution in [-0.2, 0) is 0 Å². The molecule has 1 aliphatic rings. The first-order valence-corrected chi connectivity index (χ1v) is 13.1. The first-order chi connectivity index (χ1) is 20.0. The Morgan fingerprint density at radius 2 is 1.62 bits per heavy atom. The van der Waals surface area contributed by atoms with Crippen LogP contribution in [0.4, 0.5) is 0 Å². The number of para-hydroxylation sites is 1. The number of nitrogens with zero attached hydrogens (tertiary/aromatic N) is 1. The average molecular weight is 489 g/mol. The molecular formula is C35H33NO. The number of hydrogen-bond acceptors (Lipinski definition) is 2. The summed E-state index contributed by atoms with van der Waals surface area (Å²) in [6.07, 6.45) is 5.16. The van der Waals surface area contributed by atoms with Gasteiger partial charge in [0.05, 0.1) is 5.69 Å². The van der Waals surface area contributed by atoms with Gasteiger partial charge in [0.1, 0.15) is 11.2 Å². The fourth-order valence-electron chi connectivity index (χ4n) is 6.08. The summed E-state index contributed by atoms with van der Waals surface area (Å²) in [5, 5.41) is 6.26. The van der Waals surface area contributed by atoms with Gasteiger partial charge in [-0.2, -0.15) is 0 Å². The fourth-order valence-corrected chi connectivity index (χ4v) is 6.08. The molecule has 2 aromatic heterocycles. The van der Waals surface area contributed by atoms with Crippen molar-refractivity contribution in [2.75, 3.05) is 0 Å². The molecule has 0 aliphatic heterocycles. The third kappa shape index (κ3) is 3.57. The Bertz CT molecular complexity index is 2010. The fraction of sp³-hybridized carbons (Fsp3) is 0.286. The molecule has 0 spiro atoms. The lowest BCUT2D eigenvalue weighted by Crippen LogP contribution is -2.20. The molecule has 37 heavy (non-hydrogen) atoms. The molecule has 0 radical (unpaired) electrons. The van der Waals surface area contributed by atoms with Gasteiger partial charge in [0, 0.05) is 34.8 Å². The van der Waals surface area contributed by atoms with Crippen LogP contribution in [0.25, 0.3) is 54.7 Å². The minimum atomic E-state index is -2.32. The maximum absolute atomic E-state index is 9.51. The first kappa shape index (κ1) is 17.7. The zero-order valence-electron chi connectivity index (χ0n) is 26.3. The number of aromatic nitrogens is 1. The van der Waals surface area contributed by atoms with Crippen LogP contribution < -0.4 is 0 Å². The Kier molecular flexibility index (Phi) is 3.92. The lowest BCUT2D eigenvalue weighted by atomic mass is 9.70. The van der Waals surface area contributed by atoms with Crippen LogP contribution >= 0.6 is 0 Å². The highest BCUT2D eigenvalue weighted by Gasteiger charge is 2.28. The summed E-state index contributed by atoms with van der Waals surface area (Å²) in [5.41, 5.74) is 4.75. The van der Waals surface area contributed by atoms with Crippen LogP contribution in [0.5, 0.6) is 0 Å². The normalized spacial score (nSPS) is 19.5. The number of furan rings is 1. The van der Waals surface area contributed by atoms with E-state index < -0.39 is 12.7 Å². The van der Waals surface area contributed by atoms with Crippen LogP contribution in [0.1, 0.15) is 69.0 Å². The smallest absolute Gasteiger partial charge is 0.144 e. The Morgan fingerprint density at radius 1 is 0.865 bits per heavy atom. The maximum Gasteiger partial charge on any atom is 0.144 e.